The highest BCUT2D eigenvalue weighted by molar-refractivity contribution is 6.21. The second-order valence-corrected chi connectivity index (χ2v) is 7.33. The molecule has 4 aromatic rings. The second kappa shape index (κ2) is 6.49. The summed E-state index contributed by atoms with van der Waals surface area (Å²) >= 11 is 0. The fourth-order valence-electron chi connectivity index (χ4n) is 4.21. The van der Waals surface area contributed by atoms with Crippen LogP contribution < -0.4 is 9.67 Å². The van der Waals surface area contributed by atoms with E-state index < -0.39 is 5.97 Å². The van der Waals surface area contributed by atoms with Crippen LogP contribution in [0.3, 0.4) is 0 Å². The van der Waals surface area contributed by atoms with E-state index >= 15 is 0 Å². The maximum absolute atomic E-state index is 12.7. The van der Waals surface area contributed by atoms with Crippen molar-refractivity contribution in [2.45, 2.75) is 6.54 Å². The maximum Gasteiger partial charge on any atom is 0.261 e. The SMILES string of the molecule is C[n+]1c2ccccc2c(C(=O)[O-])c2cc(CN3C(=O)c4ccccc4C3=O)ccc21. The van der Waals surface area contributed by atoms with Crippen molar-refractivity contribution in [1.29, 1.82) is 0 Å². The lowest BCUT2D eigenvalue weighted by Crippen LogP contribution is -2.33. The number of pyridine rings is 1. The number of aromatic carboxylic acids is 1. The number of carbonyl (C=O) groups excluding carboxylic acids is 3. The topological polar surface area (TPSA) is 81.4 Å². The van der Waals surface area contributed by atoms with Gasteiger partial charge in [0.25, 0.3) is 11.8 Å². The largest absolute Gasteiger partial charge is 0.545 e. The summed E-state index contributed by atoms with van der Waals surface area (Å²) in [5, 5.41) is 13.1. The van der Waals surface area contributed by atoms with Gasteiger partial charge in [0.1, 0.15) is 7.05 Å². The van der Waals surface area contributed by atoms with Gasteiger partial charge in [-0.3, -0.25) is 14.5 Å². The standard InChI is InChI=1S/C24H16N2O4/c1-25-19-9-5-4-8-17(19)21(24(29)30)18-12-14(10-11-20(18)25)13-26-22(27)15-6-2-3-7-16(15)23(26)28/h2-12H,13H2,1H3. The minimum atomic E-state index is -1.27. The van der Waals surface area contributed by atoms with Gasteiger partial charge in [0.2, 0.25) is 11.0 Å². The van der Waals surface area contributed by atoms with Crippen LogP contribution in [0.4, 0.5) is 0 Å². The zero-order valence-electron chi connectivity index (χ0n) is 16.1. The number of fused-ring (bicyclic) bond motifs is 3. The Morgan fingerprint density at radius 3 is 2.13 bits per heavy atom. The number of aromatic nitrogens is 1. The van der Waals surface area contributed by atoms with Crippen LogP contribution in [-0.2, 0) is 13.6 Å². The van der Waals surface area contributed by atoms with E-state index in [1.165, 1.54) is 4.90 Å². The lowest BCUT2D eigenvalue weighted by atomic mass is 10.00. The Morgan fingerprint density at radius 1 is 0.867 bits per heavy atom. The molecule has 0 radical (unpaired) electrons. The molecule has 0 N–H and O–H groups in total. The van der Waals surface area contributed by atoms with Crippen molar-refractivity contribution >= 4 is 39.6 Å². The average Bonchev–Trinajstić information content (AvgIpc) is 2.99. The zero-order valence-corrected chi connectivity index (χ0v) is 16.1. The van der Waals surface area contributed by atoms with Crippen LogP contribution in [0.25, 0.3) is 21.8 Å². The van der Waals surface area contributed by atoms with Crippen LogP contribution in [0.15, 0.2) is 66.7 Å². The minimum Gasteiger partial charge on any atom is -0.545 e. The van der Waals surface area contributed by atoms with Crippen molar-refractivity contribution in [3.8, 4) is 0 Å². The van der Waals surface area contributed by atoms with E-state index in [-0.39, 0.29) is 23.9 Å². The summed E-state index contributed by atoms with van der Waals surface area (Å²) < 4.78 is 1.92. The lowest BCUT2D eigenvalue weighted by Gasteiger charge is -2.15. The highest BCUT2D eigenvalue weighted by Gasteiger charge is 2.35. The predicted molar refractivity (Wildman–Crippen MR) is 108 cm³/mol. The first-order valence-electron chi connectivity index (χ1n) is 9.47. The summed E-state index contributed by atoms with van der Waals surface area (Å²) in [5.74, 6) is -1.96. The van der Waals surface area contributed by atoms with Crippen molar-refractivity contribution in [3.05, 3.63) is 89.0 Å². The molecule has 2 amide bonds. The molecule has 3 aromatic carbocycles. The first-order valence-corrected chi connectivity index (χ1v) is 9.47. The van der Waals surface area contributed by atoms with Crippen LogP contribution >= 0.6 is 0 Å². The number of carboxylic acids is 1. The number of hydrogen-bond acceptors (Lipinski definition) is 4. The maximum atomic E-state index is 12.7. The van der Waals surface area contributed by atoms with E-state index in [9.17, 15) is 19.5 Å². The predicted octanol–water partition coefficient (Wildman–Crippen LogP) is 1.98. The molecule has 0 atom stereocenters. The summed E-state index contributed by atoms with van der Waals surface area (Å²) in [6, 6.07) is 19.3. The van der Waals surface area contributed by atoms with Gasteiger partial charge >= 0.3 is 0 Å². The molecular formula is C24H16N2O4. The average molecular weight is 396 g/mol. The summed E-state index contributed by atoms with van der Waals surface area (Å²) in [4.78, 5) is 38.5. The molecule has 146 valence electrons. The van der Waals surface area contributed by atoms with Crippen LogP contribution in [0.2, 0.25) is 0 Å². The number of rotatable bonds is 3. The van der Waals surface area contributed by atoms with E-state index in [4.69, 9.17) is 0 Å². The van der Waals surface area contributed by atoms with Crippen molar-refractivity contribution < 1.29 is 24.1 Å². The van der Waals surface area contributed by atoms with Crippen LogP contribution in [-0.4, -0.2) is 22.7 Å². The van der Waals surface area contributed by atoms with E-state index in [1.807, 2.05) is 29.8 Å². The van der Waals surface area contributed by atoms with E-state index in [0.29, 0.717) is 27.5 Å². The molecule has 1 aliphatic heterocycles. The number of carbonyl (C=O) groups is 3. The van der Waals surface area contributed by atoms with E-state index in [1.54, 1.807) is 48.5 Å². The van der Waals surface area contributed by atoms with Gasteiger partial charge in [0.05, 0.1) is 34.4 Å². The Labute approximate surface area is 171 Å². The molecule has 30 heavy (non-hydrogen) atoms. The molecule has 6 heteroatoms. The summed E-state index contributed by atoms with van der Waals surface area (Å²) in [6.45, 7) is 0.0608. The molecule has 1 aromatic heterocycles. The quantitative estimate of drug-likeness (QED) is 0.301. The molecule has 0 spiro atoms. The third kappa shape index (κ3) is 2.50. The Bertz CT molecular complexity index is 1370. The lowest BCUT2D eigenvalue weighted by molar-refractivity contribution is -0.617. The molecule has 0 unspecified atom stereocenters. The summed E-state index contributed by atoms with van der Waals surface area (Å²) in [7, 11) is 1.87. The zero-order chi connectivity index (χ0) is 21.0. The normalized spacial score (nSPS) is 13.3. The highest BCUT2D eigenvalue weighted by Crippen LogP contribution is 2.28. The fourth-order valence-corrected chi connectivity index (χ4v) is 4.21. The Balaban J connectivity index is 1.65. The summed E-state index contributed by atoms with van der Waals surface area (Å²) in [5.41, 5.74) is 3.03. The minimum absolute atomic E-state index is 0.0608. The van der Waals surface area contributed by atoms with Gasteiger partial charge in [-0.15, -0.1) is 0 Å². The van der Waals surface area contributed by atoms with Gasteiger partial charge in [0, 0.05) is 17.7 Å². The molecule has 0 aliphatic carbocycles. The Morgan fingerprint density at radius 2 is 1.47 bits per heavy atom. The second-order valence-electron chi connectivity index (χ2n) is 7.33. The van der Waals surface area contributed by atoms with Crippen molar-refractivity contribution in [2.75, 3.05) is 0 Å². The molecule has 2 heterocycles. The number of aryl methyl sites for hydroxylation is 1. The third-order valence-corrected chi connectivity index (χ3v) is 5.65. The fraction of sp³-hybridized carbons (Fsp3) is 0.0833. The number of benzene rings is 3. The van der Waals surface area contributed by atoms with E-state index in [2.05, 4.69) is 0 Å². The van der Waals surface area contributed by atoms with Gasteiger partial charge in [0.15, 0.2) is 0 Å². The molecule has 0 fully saturated rings. The van der Waals surface area contributed by atoms with Crippen LogP contribution in [0, 0.1) is 0 Å². The van der Waals surface area contributed by atoms with Crippen LogP contribution in [0.5, 0.6) is 0 Å². The van der Waals surface area contributed by atoms with Crippen LogP contribution in [0.1, 0.15) is 36.6 Å². The third-order valence-electron chi connectivity index (χ3n) is 5.65. The number of para-hydroxylation sites is 1. The van der Waals surface area contributed by atoms with Gasteiger partial charge in [-0.05, 0) is 29.8 Å². The molecular weight excluding hydrogens is 380 g/mol. The molecule has 6 nitrogen and oxygen atoms in total. The van der Waals surface area contributed by atoms with Crippen molar-refractivity contribution in [2.24, 2.45) is 7.05 Å². The molecule has 5 rings (SSSR count). The van der Waals surface area contributed by atoms with Gasteiger partial charge in [-0.2, -0.15) is 4.57 Å². The van der Waals surface area contributed by atoms with Gasteiger partial charge in [-0.1, -0.05) is 30.3 Å². The molecule has 1 aliphatic rings. The Hall–Kier alpha value is -4.06. The number of nitrogens with zero attached hydrogens (tertiary/aromatic N) is 2. The highest BCUT2D eigenvalue weighted by atomic mass is 16.4. The monoisotopic (exact) mass is 396 g/mol. The molecule has 0 saturated heterocycles. The smallest absolute Gasteiger partial charge is 0.261 e. The summed E-state index contributed by atoms with van der Waals surface area (Å²) in [6.07, 6.45) is 0. The number of hydrogen-bond donors (Lipinski definition) is 0. The first-order chi connectivity index (χ1) is 14.5. The molecule has 0 bridgehead atoms. The number of imide groups is 1. The number of amides is 2. The van der Waals surface area contributed by atoms with Crippen molar-refractivity contribution in [3.63, 3.8) is 0 Å². The van der Waals surface area contributed by atoms with Gasteiger partial charge in [-0.25, -0.2) is 0 Å². The van der Waals surface area contributed by atoms with E-state index in [0.717, 1.165) is 11.0 Å². The molecule has 0 saturated carbocycles. The first kappa shape index (κ1) is 18.0. The van der Waals surface area contributed by atoms with Gasteiger partial charge < -0.3 is 9.90 Å². The van der Waals surface area contributed by atoms with Crippen molar-refractivity contribution in [1.82, 2.24) is 4.90 Å². The number of carboxylic acid groups (broad SMARTS) is 1. The Kier molecular flexibility index (Phi) is 3.89.